The van der Waals surface area contributed by atoms with Gasteiger partial charge in [-0.2, -0.15) is 0 Å². The molecule has 1 heterocycles. The molecule has 1 fully saturated rings. The van der Waals surface area contributed by atoms with Gasteiger partial charge in [0.2, 0.25) is 0 Å². The van der Waals surface area contributed by atoms with Gasteiger partial charge in [0.05, 0.1) is 0 Å². The van der Waals surface area contributed by atoms with Crippen molar-refractivity contribution < 1.29 is 4.39 Å². The topological polar surface area (TPSA) is 15.3 Å². The van der Waals surface area contributed by atoms with Gasteiger partial charge in [0.25, 0.3) is 0 Å². The SMILES string of the molecule is CCCNC(CCN1CCCC1(C)C)c1cccc(F)c1. The monoisotopic (exact) mass is 292 g/mol. The molecule has 21 heavy (non-hydrogen) atoms. The fourth-order valence-corrected chi connectivity index (χ4v) is 3.29. The van der Waals surface area contributed by atoms with Crippen LogP contribution in [0, 0.1) is 5.82 Å². The van der Waals surface area contributed by atoms with Gasteiger partial charge in [0, 0.05) is 18.1 Å². The molecule has 0 aliphatic carbocycles. The van der Waals surface area contributed by atoms with Crippen molar-refractivity contribution in [3.63, 3.8) is 0 Å². The van der Waals surface area contributed by atoms with Gasteiger partial charge in [-0.05, 0) is 70.3 Å². The molecule has 2 rings (SSSR count). The van der Waals surface area contributed by atoms with Crippen molar-refractivity contribution in [3.8, 4) is 0 Å². The van der Waals surface area contributed by atoms with Crippen LogP contribution in [0.25, 0.3) is 0 Å². The highest BCUT2D eigenvalue weighted by molar-refractivity contribution is 5.20. The van der Waals surface area contributed by atoms with Gasteiger partial charge in [-0.15, -0.1) is 0 Å². The first-order valence-corrected chi connectivity index (χ1v) is 8.27. The summed E-state index contributed by atoms with van der Waals surface area (Å²) in [5, 5.41) is 3.57. The highest BCUT2D eigenvalue weighted by atomic mass is 19.1. The van der Waals surface area contributed by atoms with Crippen molar-refractivity contribution >= 4 is 0 Å². The van der Waals surface area contributed by atoms with E-state index in [1.54, 1.807) is 6.07 Å². The molecule has 1 aromatic rings. The van der Waals surface area contributed by atoms with Gasteiger partial charge >= 0.3 is 0 Å². The maximum absolute atomic E-state index is 13.5. The van der Waals surface area contributed by atoms with Crippen LogP contribution >= 0.6 is 0 Å². The molecule has 1 atom stereocenters. The first-order valence-electron chi connectivity index (χ1n) is 8.27. The van der Waals surface area contributed by atoms with Crippen LogP contribution in [0.2, 0.25) is 0 Å². The van der Waals surface area contributed by atoms with Gasteiger partial charge in [-0.25, -0.2) is 4.39 Å². The summed E-state index contributed by atoms with van der Waals surface area (Å²) >= 11 is 0. The molecule has 0 saturated carbocycles. The van der Waals surface area contributed by atoms with Crippen LogP contribution < -0.4 is 5.32 Å². The molecule has 0 amide bonds. The van der Waals surface area contributed by atoms with E-state index in [1.165, 1.54) is 25.5 Å². The Labute approximate surface area is 128 Å². The summed E-state index contributed by atoms with van der Waals surface area (Å²) in [7, 11) is 0. The highest BCUT2D eigenvalue weighted by Gasteiger charge is 2.31. The number of likely N-dealkylation sites (tertiary alicyclic amines) is 1. The normalized spacial score (nSPS) is 19.8. The average Bonchev–Trinajstić information content (AvgIpc) is 2.78. The number of rotatable bonds is 7. The van der Waals surface area contributed by atoms with Crippen LogP contribution in [0.4, 0.5) is 4.39 Å². The lowest BCUT2D eigenvalue weighted by Gasteiger charge is -2.33. The summed E-state index contributed by atoms with van der Waals surface area (Å²) in [5.74, 6) is -0.141. The first-order chi connectivity index (χ1) is 10.0. The van der Waals surface area contributed by atoms with E-state index in [2.05, 4.69) is 31.0 Å². The third kappa shape index (κ3) is 4.52. The molecule has 1 unspecified atom stereocenters. The molecule has 1 aliphatic rings. The summed E-state index contributed by atoms with van der Waals surface area (Å²) in [5.41, 5.74) is 1.39. The van der Waals surface area contributed by atoms with Crippen LogP contribution in [0.5, 0.6) is 0 Å². The number of halogens is 1. The number of benzene rings is 1. The fraction of sp³-hybridized carbons (Fsp3) is 0.667. The van der Waals surface area contributed by atoms with E-state index in [0.717, 1.165) is 31.5 Å². The predicted octanol–water partition coefficient (Wildman–Crippen LogP) is 4.13. The first kappa shape index (κ1) is 16.4. The second-order valence-corrected chi connectivity index (χ2v) is 6.75. The molecule has 0 spiro atoms. The standard InChI is InChI=1S/C18H29FN2/c1-4-11-20-17(15-7-5-8-16(19)14-15)9-13-21-12-6-10-18(21,2)3/h5,7-8,14,17,20H,4,6,9-13H2,1-3H3. The van der Waals surface area contributed by atoms with Crippen LogP contribution in [-0.4, -0.2) is 30.1 Å². The number of nitrogens with one attached hydrogen (secondary N) is 1. The fourth-order valence-electron chi connectivity index (χ4n) is 3.29. The van der Waals surface area contributed by atoms with Crippen LogP contribution in [0.3, 0.4) is 0 Å². The van der Waals surface area contributed by atoms with E-state index in [4.69, 9.17) is 0 Å². The quantitative estimate of drug-likeness (QED) is 0.813. The maximum atomic E-state index is 13.5. The minimum absolute atomic E-state index is 0.141. The molecule has 1 N–H and O–H groups in total. The van der Waals surface area contributed by atoms with Crippen LogP contribution in [0.1, 0.15) is 58.1 Å². The molecule has 3 heteroatoms. The second kappa shape index (κ2) is 7.37. The summed E-state index contributed by atoms with van der Waals surface area (Å²) in [6.45, 7) is 10.1. The zero-order chi connectivity index (χ0) is 15.3. The van der Waals surface area contributed by atoms with Crippen LogP contribution in [-0.2, 0) is 0 Å². The van der Waals surface area contributed by atoms with E-state index in [1.807, 2.05) is 12.1 Å². The zero-order valence-corrected chi connectivity index (χ0v) is 13.7. The van der Waals surface area contributed by atoms with Crippen molar-refractivity contribution in [1.29, 1.82) is 0 Å². The average molecular weight is 292 g/mol. The van der Waals surface area contributed by atoms with Crippen molar-refractivity contribution in [3.05, 3.63) is 35.6 Å². The number of hydrogen-bond acceptors (Lipinski definition) is 2. The minimum atomic E-state index is -0.141. The third-order valence-corrected chi connectivity index (χ3v) is 4.65. The predicted molar refractivity (Wildman–Crippen MR) is 86.9 cm³/mol. The Kier molecular flexibility index (Phi) is 5.77. The lowest BCUT2D eigenvalue weighted by Crippen LogP contribution is -2.40. The van der Waals surface area contributed by atoms with E-state index < -0.39 is 0 Å². The summed E-state index contributed by atoms with van der Waals surface area (Å²) in [6, 6.07) is 7.28. The Morgan fingerprint density at radius 1 is 1.38 bits per heavy atom. The Morgan fingerprint density at radius 3 is 2.81 bits per heavy atom. The number of nitrogens with zero attached hydrogens (tertiary/aromatic N) is 1. The Bertz CT molecular complexity index is 445. The van der Waals surface area contributed by atoms with Gasteiger partial charge in [-0.1, -0.05) is 19.1 Å². The molecule has 1 saturated heterocycles. The smallest absolute Gasteiger partial charge is 0.123 e. The third-order valence-electron chi connectivity index (χ3n) is 4.65. The molecule has 0 radical (unpaired) electrons. The van der Waals surface area contributed by atoms with Gasteiger partial charge < -0.3 is 5.32 Å². The van der Waals surface area contributed by atoms with Crippen molar-refractivity contribution in [2.45, 2.75) is 58.0 Å². The van der Waals surface area contributed by atoms with Crippen molar-refractivity contribution in [2.24, 2.45) is 0 Å². The summed E-state index contributed by atoms with van der Waals surface area (Å²) in [4.78, 5) is 2.58. The zero-order valence-electron chi connectivity index (χ0n) is 13.7. The van der Waals surface area contributed by atoms with E-state index in [0.29, 0.717) is 5.54 Å². The van der Waals surface area contributed by atoms with E-state index in [9.17, 15) is 4.39 Å². The Hall–Kier alpha value is -0.930. The molecule has 0 aromatic heterocycles. The molecular weight excluding hydrogens is 263 g/mol. The molecule has 0 bridgehead atoms. The lowest BCUT2D eigenvalue weighted by molar-refractivity contribution is 0.166. The Balaban J connectivity index is 1.99. The van der Waals surface area contributed by atoms with E-state index in [-0.39, 0.29) is 11.9 Å². The minimum Gasteiger partial charge on any atom is -0.310 e. The Morgan fingerprint density at radius 2 is 2.19 bits per heavy atom. The van der Waals surface area contributed by atoms with Gasteiger partial charge in [0.1, 0.15) is 5.82 Å². The van der Waals surface area contributed by atoms with Crippen molar-refractivity contribution in [2.75, 3.05) is 19.6 Å². The molecule has 2 nitrogen and oxygen atoms in total. The molecule has 1 aromatic carbocycles. The molecular formula is C18H29FN2. The highest BCUT2D eigenvalue weighted by Crippen LogP contribution is 2.29. The molecule has 1 aliphatic heterocycles. The van der Waals surface area contributed by atoms with Crippen LogP contribution in [0.15, 0.2) is 24.3 Å². The van der Waals surface area contributed by atoms with Gasteiger partial charge in [0.15, 0.2) is 0 Å². The maximum Gasteiger partial charge on any atom is 0.123 e. The van der Waals surface area contributed by atoms with Gasteiger partial charge in [-0.3, -0.25) is 4.90 Å². The molecule has 118 valence electrons. The summed E-state index contributed by atoms with van der Waals surface area (Å²) < 4.78 is 13.5. The van der Waals surface area contributed by atoms with E-state index >= 15 is 0 Å². The summed E-state index contributed by atoms with van der Waals surface area (Å²) in [6.07, 6.45) is 4.70. The largest absolute Gasteiger partial charge is 0.310 e. The van der Waals surface area contributed by atoms with Crippen molar-refractivity contribution in [1.82, 2.24) is 10.2 Å². The second-order valence-electron chi connectivity index (χ2n) is 6.75. The number of hydrogen-bond donors (Lipinski definition) is 1. The lowest BCUT2D eigenvalue weighted by atomic mass is 10.00.